The molecule has 1 atom stereocenters. The molecule has 1 N–H and O–H groups in total. The monoisotopic (exact) mass is 659 g/mol. The van der Waals surface area contributed by atoms with E-state index in [4.69, 9.17) is 20.2 Å². The van der Waals surface area contributed by atoms with Crippen LogP contribution in [0, 0.1) is 5.41 Å². The predicted octanol–water partition coefficient (Wildman–Crippen LogP) is 8.44. The van der Waals surface area contributed by atoms with Crippen LogP contribution >= 0.6 is 15.9 Å². The fourth-order valence-corrected chi connectivity index (χ4v) is 6.31. The first-order valence-corrected chi connectivity index (χ1v) is 15.7. The Balaban J connectivity index is 1.50. The molecule has 2 aromatic heterocycles. The largest absolute Gasteiger partial charge is 0.456 e. The van der Waals surface area contributed by atoms with E-state index in [0.29, 0.717) is 10.4 Å². The lowest BCUT2D eigenvalue weighted by atomic mass is 9.77. The van der Waals surface area contributed by atoms with Gasteiger partial charge in [-0.3, -0.25) is 5.41 Å². The van der Waals surface area contributed by atoms with Crippen molar-refractivity contribution in [2.45, 2.75) is 51.2 Å². The van der Waals surface area contributed by atoms with Gasteiger partial charge in [0.2, 0.25) is 0 Å². The lowest BCUT2D eigenvalue weighted by Crippen LogP contribution is -2.38. The summed E-state index contributed by atoms with van der Waals surface area (Å²) < 4.78 is 8.18. The highest BCUT2D eigenvalue weighted by Crippen LogP contribution is 2.43. The summed E-state index contributed by atoms with van der Waals surface area (Å²) >= 11 is 3.78. The molecule has 0 aliphatic heterocycles. The minimum atomic E-state index is -0.779. The Morgan fingerprint density at radius 3 is 1.93 bits per heavy atom. The Hall–Kier alpha value is -4.69. The predicted molar refractivity (Wildman–Crippen MR) is 182 cm³/mol. The van der Waals surface area contributed by atoms with Crippen molar-refractivity contribution in [1.29, 1.82) is 5.41 Å². The number of ether oxygens (including phenoxy) is 1. The number of nitrogens with one attached hydrogen (secondary N) is 1. The van der Waals surface area contributed by atoms with E-state index in [1.54, 1.807) is 20.8 Å². The zero-order chi connectivity index (χ0) is 31.8. The van der Waals surface area contributed by atoms with E-state index in [-0.39, 0.29) is 18.1 Å². The number of esters is 1. The molecule has 0 radical (unpaired) electrons. The van der Waals surface area contributed by atoms with Crippen molar-refractivity contribution in [2.75, 3.05) is 0 Å². The van der Waals surface area contributed by atoms with Gasteiger partial charge in [-0.05, 0) is 65.5 Å². The Kier molecular flexibility index (Phi) is 8.10. The van der Waals surface area contributed by atoms with Crippen molar-refractivity contribution >= 4 is 49.4 Å². The van der Waals surface area contributed by atoms with E-state index >= 15 is 0 Å². The van der Waals surface area contributed by atoms with E-state index in [9.17, 15) is 4.79 Å². The second-order valence-electron chi connectivity index (χ2n) is 12.3. The number of aromatic nitrogens is 4. The Morgan fingerprint density at radius 1 is 0.889 bits per heavy atom. The van der Waals surface area contributed by atoms with Gasteiger partial charge in [-0.15, -0.1) is 0 Å². The SMILES string of the molecule is CC(CC(=N)C(=O)OC(C)(C)C)c1ncc2cc3c(cc2n1)c(Br)nn3C(c1ccccc1)(c1ccccc1)c1ccccc1. The maximum absolute atomic E-state index is 12.4. The lowest BCUT2D eigenvalue weighted by Gasteiger charge is -2.37. The van der Waals surface area contributed by atoms with Gasteiger partial charge in [0.15, 0.2) is 0 Å². The molecule has 4 aromatic carbocycles. The van der Waals surface area contributed by atoms with Gasteiger partial charge >= 0.3 is 5.97 Å². The molecule has 226 valence electrons. The lowest BCUT2D eigenvalue weighted by molar-refractivity contribution is -0.146. The number of carbonyl (C=O) groups is 1. The van der Waals surface area contributed by atoms with Crippen LogP contribution in [0.5, 0.6) is 0 Å². The van der Waals surface area contributed by atoms with Crippen LogP contribution in [0.4, 0.5) is 0 Å². The van der Waals surface area contributed by atoms with E-state index < -0.39 is 17.1 Å². The second-order valence-corrected chi connectivity index (χ2v) is 13.0. The normalized spacial score (nSPS) is 12.7. The van der Waals surface area contributed by atoms with Crippen LogP contribution in [-0.2, 0) is 15.1 Å². The summed E-state index contributed by atoms with van der Waals surface area (Å²) in [5, 5.41) is 15.2. The molecule has 0 aliphatic carbocycles. The highest BCUT2D eigenvalue weighted by atomic mass is 79.9. The maximum Gasteiger partial charge on any atom is 0.352 e. The highest BCUT2D eigenvalue weighted by Gasteiger charge is 2.41. The van der Waals surface area contributed by atoms with Crippen molar-refractivity contribution in [3.05, 3.63) is 136 Å². The fraction of sp³-hybridized carbons (Fsp3) is 0.216. The minimum Gasteiger partial charge on any atom is -0.456 e. The van der Waals surface area contributed by atoms with E-state index in [0.717, 1.165) is 38.5 Å². The Morgan fingerprint density at radius 2 is 1.42 bits per heavy atom. The van der Waals surface area contributed by atoms with Crippen LogP contribution < -0.4 is 0 Å². The topological polar surface area (TPSA) is 93.8 Å². The molecule has 6 rings (SSSR count). The summed E-state index contributed by atoms with van der Waals surface area (Å²) in [5.41, 5.74) is 3.37. The minimum absolute atomic E-state index is 0.0975. The third-order valence-corrected chi connectivity index (χ3v) is 8.43. The van der Waals surface area contributed by atoms with E-state index in [2.05, 4.69) is 104 Å². The van der Waals surface area contributed by atoms with Crippen LogP contribution in [0.25, 0.3) is 21.8 Å². The highest BCUT2D eigenvalue weighted by molar-refractivity contribution is 9.10. The first kappa shape index (κ1) is 30.3. The summed E-state index contributed by atoms with van der Waals surface area (Å²) in [6.07, 6.45) is 1.99. The summed E-state index contributed by atoms with van der Waals surface area (Å²) in [5.74, 6) is -0.309. The van der Waals surface area contributed by atoms with Crippen LogP contribution in [0.2, 0.25) is 0 Å². The van der Waals surface area contributed by atoms with Gasteiger partial charge < -0.3 is 4.74 Å². The molecule has 2 heterocycles. The number of fused-ring (bicyclic) bond motifs is 2. The van der Waals surface area contributed by atoms with Crippen molar-refractivity contribution < 1.29 is 9.53 Å². The molecule has 7 nitrogen and oxygen atoms in total. The first-order chi connectivity index (χ1) is 21.6. The zero-order valence-electron chi connectivity index (χ0n) is 25.7. The van der Waals surface area contributed by atoms with Crippen molar-refractivity contribution in [2.24, 2.45) is 0 Å². The molecule has 0 saturated heterocycles. The van der Waals surface area contributed by atoms with E-state index in [1.165, 1.54) is 0 Å². The van der Waals surface area contributed by atoms with Gasteiger partial charge in [0.25, 0.3) is 0 Å². The number of nitrogens with zero attached hydrogens (tertiary/aromatic N) is 4. The van der Waals surface area contributed by atoms with Gasteiger partial charge in [-0.2, -0.15) is 5.10 Å². The van der Waals surface area contributed by atoms with E-state index in [1.807, 2.05) is 37.4 Å². The Bertz CT molecular complexity index is 1910. The summed E-state index contributed by atoms with van der Waals surface area (Å²) in [7, 11) is 0. The third-order valence-electron chi connectivity index (χ3n) is 7.84. The van der Waals surface area contributed by atoms with Crippen molar-refractivity contribution in [1.82, 2.24) is 19.7 Å². The second kappa shape index (κ2) is 12.0. The number of benzene rings is 4. The molecular formula is C37H34BrN5O2. The molecular weight excluding hydrogens is 626 g/mol. The van der Waals surface area contributed by atoms with Crippen LogP contribution in [-0.4, -0.2) is 37.0 Å². The first-order valence-electron chi connectivity index (χ1n) is 14.9. The standard InChI is InChI=1S/C37H34BrN5O2/c1-24(20-30(39)35(44)45-36(2,3)4)34-40-23-25-21-32-29(22-31(25)41-34)33(38)42-43(32)37(26-14-8-5-9-15-26,27-16-10-6-11-17-27)28-18-12-7-13-19-28/h5-19,21-24,39H,20H2,1-4H3. The molecule has 1 unspecified atom stereocenters. The third kappa shape index (κ3) is 5.78. The quantitative estimate of drug-likeness (QED) is 0.101. The summed E-state index contributed by atoms with van der Waals surface area (Å²) in [4.78, 5) is 22.0. The van der Waals surface area contributed by atoms with Gasteiger partial charge in [-0.25, -0.2) is 19.4 Å². The van der Waals surface area contributed by atoms with Crippen LogP contribution in [0.3, 0.4) is 0 Å². The summed E-state index contributed by atoms with van der Waals surface area (Å²) in [6, 6.07) is 35.4. The number of rotatable bonds is 8. The molecule has 0 fully saturated rings. The van der Waals surface area contributed by atoms with Crippen molar-refractivity contribution in [3.63, 3.8) is 0 Å². The molecule has 0 saturated carbocycles. The number of halogens is 1. The molecule has 8 heteroatoms. The maximum atomic E-state index is 12.4. The van der Waals surface area contributed by atoms with Gasteiger partial charge in [-0.1, -0.05) is 97.9 Å². The fourth-order valence-electron chi connectivity index (χ4n) is 5.84. The molecule has 0 bridgehead atoms. The van der Waals surface area contributed by atoms with Gasteiger partial charge in [0.05, 0.1) is 11.0 Å². The molecule has 0 aliphatic rings. The molecule has 45 heavy (non-hydrogen) atoms. The zero-order valence-corrected chi connectivity index (χ0v) is 27.2. The Labute approximate surface area is 270 Å². The molecule has 6 aromatic rings. The van der Waals surface area contributed by atoms with Crippen LogP contribution in [0.15, 0.2) is 114 Å². The number of hydrogen-bond acceptors (Lipinski definition) is 6. The average Bonchev–Trinajstić information content (AvgIpc) is 3.35. The molecule has 0 spiro atoms. The van der Waals surface area contributed by atoms with Gasteiger partial charge in [0, 0.05) is 29.3 Å². The van der Waals surface area contributed by atoms with Crippen molar-refractivity contribution in [3.8, 4) is 0 Å². The smallest absolute Gasteiger partial charge is 0.352 e. The summed E-state index contributed by atoms with van der Waals surface area (Å²) in [6.45, 7) is 7.29. The number of hydrogen-bond donors (Lipinski definition) is 1. The van der Waals surface area contributed by atoms with Crippen LogP contribution in [0.1, 0.15) is 62.5 Å². The number of carbonyl (C=O) groups excluding carboxylic acids is 1. The van der Waals surface area contributed by atoms with Gasteiger partial charge in [0.1, 0.15) is 27.3 Å². The molecule has 0 amide bonds. The average molecular weight is 661 g/mol.